The summed E-state index contributed by atoms with van der Waals surface area (Å²) in [5.41, 5.74) is 0. The summed E-state index contributed by atoms with van der Waals surface area (Å²) in [7, 11) is 0. The zero-order valence-electron chi connectivity index (χ0n) is 2.51. The van der Waals surface area contributed by atoms with Crippen molar-refractivity contribution >= 4 is 6.16 Å². The van der Waals surface area contributed by atoms with E-state index in [1.54, 1.807) is 0 Å². The molecule has 0 spiro atoms. The molecular weight excluding hydrogens is 140 g/mol. The van der Waals surface area contributed by atoms with Gasteiger partial charge in [-0.25, -0.2) is 4.79 Å². The van der Waals surface area contributed by atoms with Crippen LogP contribution in [-0.2, 0) is 19.8 Å². The van der Waals surface area contributed by atoms with Crippen LogP contribution in [-0.4, -0.2) is 16.4 Å². The Kier molecular flexibility index (Phi) is 13.4. The first-order chi connectivity index (χ1) is 2.73. The molecule has 2 N–H and O–H groups in total. The van der Waals surface area contributed by atoms with Gasteiger partial charge in [-0.05, 0) is 0 Å². The van der Waals surface area contributed by atoms with Crippen LogP contribution in [0.4, 0.5) is 4.79 Å². The fourth-order valence-corrected chi connectivity index (χ4v) is 0. The van der Waals surface area contributed by atoms with E-state index in [1.165, 1.54) is 0 Å². The molecule has 0 saturated heterocycles. The molecule has 0 amide bonds. The summed E-state index contributed by atoms with van der Waals surface area (Å²) in [6, 6.07) is 0. The average molecular weight is 142 g/mol. The van der Waals surface area contributed by atoms with Gasteiger partial charge in [0.25, 0.3) is 0 Å². The van der Waals surface area contributed by atoms with E-state index in [9.17, 15) is 0 Å². The summed E-state index contributed by atoms with van der Waals surface area (Å²) >= 11 is 2.94. The normalized spacial score (nSPS) is 5.00. The molecule has 0 bridgehead atoms. The molecule has 0 fully saturated rings. The van der Waals surface area contributed by atoms with Gasteiger partial charge in [0, 0.05) is 0 Å². The molecule has 0 unspecified atom stereocenters. The zero-order valence-corrected chi connectivity index (χ0v) is 3.45. The van der Waals surface area contributed by atoms with E-state index in [4.69, 9.17) is 18.8 Å². The van der Waals surface area contributed by atoms with Crippen molar-refractivity contribution < 1.29 is 34.8 Å². The van der Waals surface area contributed by atoms with Crippen LogP contribution >= 0.6 is 0 Å². The molecule has 0 aliphatic carbocycles. The van der Waals surface area contributed by atoms with Crippen LogP contribution < -0.4 is 0 Å². The van der Waals surface area contributed by atoms with Crippen molar-refractivity contribution in [3.63, 3.8) is 0 Å². The van der Waals surface area contributed by atoms with E-state index in [1.807, 2.05) is 0 Å². The Hall–Kier alpha value is -0.411. The molecule has 0 aliphatic heterocycles. The Morgan fingerprint density at radius 2 is 1.33 bits per heavy atom. The SMILES string of the molecule is O=C(O)O.[O]=[Cu]. The van der Waals surface area contributed by atoms with Crippen LogP contribution in [0.25, 0.3) is 0 Å². The fraction of sp³-hybridized carbons (Fsp3) is 0. The van der Waals surface area contributed by atoms with Crippen molar-refractivity contribution in [1.82, 2.24) is 0 Å². The van der Waals surface area contributed by atoms with Gasteiger partial charge in [-0.3, -0.25) is 0 Å². The third-order valence-electron chi connectivity index (χ3n) is 0. The molecule has 5 heteroatoms. The van der Waals surface area contributed by atoms with Gasteiger partial charge in [0.05, 0.1) is 0 Å². The van der Waals surface area contributed by atoms with Gasteiger partial charge in [0.2, 0.25) is 0 Å². The molecule has 0 saturated carbocycles. The Labute approximate surface area is 41.8 Å². The second-order valence-electron chi connectivity index (χ2n) is 0.283. The first-order valence-electron chi connectivity index (χ1n) is 0.774. The second-order valence-corrected chi connectivity index (χ2v) is 0.283. The van der Waals surface area contributed by atoms with Crippen molar-refractivity contribution in [2.75, 3.05) is 0 Å². The predicted octanol–water partition coefficient (Wildman–Crippen LogP) is 0.101. The molecule has 0 atom stereocenters. The summed E-state index contributed by atoms with van der Waals surface area (Å²) in [5.74, 6) is 0. The van der Waals surface area contributed by atoms with E-state index >= 15 is 0 Å². The number of carboxylic acid groups (broad SMARTS) is 2. The molecule has 0 aliphatic rings. The van der Waals surface area contributed by atoms with E-state index < -0.39 is 6.16 Å². The first-order valence-corrected chi connectivity index (χ1v) is 1.16. The molecule has 0 heterocycles. The van der Waals surface area contributed by atoms with Gasteiger partial charge in [-0.15, -0.1) is 0 Å². The van der Waals surface area contributed by atoms with Crippen LogP contribution in [0, 0.1) is 0 Å². The molecule has 0 rings (SSSR count). The summed E-state index contributed by atoms with van der Waals surface area (Å²) in [6.45, 7) is 0. The quantitative estimate of drug-likeness (QED) is 0.470. The summed E-state index contributed by atoms with van der Waals surface area (Å²) in [5, 5.41) is 13.9. The predicted molar refractivity (Wildman–Crippen MR) is 11.3 cm³/mol. The number of hydrogen-bond donors (Lipinski definition) is 2. The molecule has 4 nitrogen and oxygen atoms in total. The van der Waals surface area contributed by atoms with E-state index in [2.05, 4.69) is 15.9 Å². The van der Waals surface area contributed by atoms with Crippen molar-refractivity contribution in [2.24, 2.45) is 0 Å². The monoisotopic (exact) mass is 141 g/mol. The van der Waals surface area contributed by atoms with Crippen LogP contribution in [0.15, 0.2) is 0 Å². The Bertz CT molecular complexity index is 38.8. The summed E-state index contributed by atoms with van der Waals surface area (Å²) in [4.78, 5) is 8.56. The van der Waals surface area contributed by atoms with Crippen LogP contribution in [0.1, 0.15) is 0 Å². The van der Waals surface area contributed by atoms with Crippen LogP contribution in [0.5, 0.6) is 0 Å². The van der Waals surface area contributed by atoms with Crippen molar-refractivity contribution in [3.8, 4) is 0 Å². The molecule has 0 aromatic carbocycles. The standard InChI is InChI=1S/CH2O3.Cu.O/c2-1(3)4;;/h(H2,2,3,4);;. The Balaban J connectivity index is 0. The molecule has 0 aromatic heterocycles. The van der Waals surface area contributed by atoms with Crippen molar-refractivity contribution in [1.29, 1.82) is 0 Å². The molecule has 0 aromatic rings. The molecule has 0 radical (unpaired) electrons. The molecule has 6 heavy (non-hydrogen) atoms. The third kappa shape index (κ3) is 143. The van der Waals surface area contributed by atoms with Crippen molar-refractivity contribution in [3.05, 3.63) is 0 Å². The number of rotatable bonds is 0. The molecule has 41 valence electrons. The van der Waals surface area contributed by atoms with Gasteiger partial charge < -0.3 is 10.2 Å². The number of carbonyl (C=O) groups is 1. The van der Waals surface area contributed by atoms with E-state index in [0.717, 1.165) is 0 Å². The average Bonchev–Trinajstić information content (AvgIpc) is 1.41. The van der Waals surface area contributed by atoms with E-state index in [-0.39, 0.29) is 0 Å². The number of hydrogen-bond acceptors (Lipinski definition) is 2. The van der Waals surface area contributed by atoms with Crippen LogP contribution in [0.2, 0.25) is 0 Å². The van der Waals surface area contributed by atoms with E-state index in [0.29, 0.717) is 0 Å². The van der Waals surface area contributed by atoms with Gasteiger partial charge in [-0.2, -0.15) is 0 Å². The Morgan fingerprint density at radius 3 is 1.33 bits per heavy atom. The maximum absolute atomic E-state index is 8.56. The Morgan fingerprint density at radius 1 is 1.33 bits per heavy atom. The van der Waals surface area contributed by atoms with Gasteiger partial charge in [0.15, 0.2) is 0 Å². The van der Waals surface area contributed by atoms with Gasteiger partial charge in [-0.1, -0.05) is 0 Å². The van der Waals surface area contributed by atoms with Gasteiger partial charge in [0.1, 0.15) is 0 Å². The summed E-state index contributed by atoms with van der Waals surface area (Å²) < 4.78 is 7.81. The topological polar surface area (TPSA) is 74.6 Å². The molecular formula is CH2CuO4. The fourth-order valence-electron chi connectivity index (χ4n) is 0. The minimum atomic E-state index is -1.83. The van der Waals surface area contributed by atoms with Crippen molar-refractivity contribution in [2.45, 2.75) is 0 Å². The summed E-state index contributed by atoms with van der Waals surface area (Å²) in [6.07, 6.45) is -1.83. The second kappa shape index (κ2) is 8.82. The van der Waals surface area contributed by atoms with Crippen LogP contribution in [0.3, 0.4) is 0 Å². The first kappa shape index (κ1) is 9.14. The minimum absolute atomic E-state index is 1.83. The van der Waals surface area contributed by atoms with Gasteiger partial charge >= 0.3 is 25.9 Å². The third-order valence-corrected chi connectivity index (χ3v) is 0. The zero-order chi connectivity index (χ0) is 5.58. The maximum atomic E-state index is 8.56.